The molecule has 4 nitrogen and oxygen atoms in total. The molecular weight excluding hydrogens is 446 g/mol. The summed E-state index contributed by atoms with van der Waals surface area (Å²) in [5, 5.41) is 12.3. The van der Waals surface area contributed by atoms with Gasteiger partial charge in [0.15, 0.2) is 5.78 Å². The summed E-state index contributed by atoms with van der Waals surface area (Å²) in [5.41, 5.74) is 3.86. The molecule has 0 saturated carbocycles. The van der Waals surface area contributed by atoms with Gasteiger partial charge in [-0.15, -0.1) is 0 Å². The van der Waals surface area contributed by atoms with E-state index in [4.69, 9.17) is 0 Å². The van der Waals surface area contributed by atoms with Gasteiger partial charge in [0.05, 0.1) is 11.1 Å². The monoisotopic (exact) mass is 478 g/mol. The lowest BCUT2D eigenvalue weighted by Crippen LogP contribution is -2.49. The predicted octanol–water partition coefficient (Wildman–Crippen LogP) is 5.90. The first-order valence-electron chi connectivity index (χ1n) is 11.8. The van der Waals surface area contributed by atoms with Crippen molar-refractivity contribution in [3.8, 4) is 0 Å². The largest absolute Gasteiger partial charge is 0.312 e. The Labute approximate surface area is 205 Å². The highest BCUT2D eigenvalue weighted by atomic mass is 19.1. The number of hydroxylamine groups is 2. The number of hydrogen-bond donors (Lipinski definition) is 1. The van der Waals surface area contributed by atoms with Gasteiger partial charge in [0, 0.05) is 30.8 Å². The van der Waals surface area contributed by atoms with Gasteiger partial charge in [0.2, 0.25) is 0 Å². The number of piperidine rings is 1. The number of carbonyl (C=O) groups excluding carboxylic acids is 1. The molecule has 0 aliphatic carbocycles. The average molecular weight is 479 g/mol. The third-order valence-electron chi connectivity index (χ3n) is 7.34. The first-order chi connectivity index (χ1) is 16.4. The van der Waals surface area contributed by atoms with E-state index in [1.807, 2.05) is 34.6 Å². The normalized spacial score (nSPS) is 23.0. The van der Waals surface area contributed by atoms with Gasteiger partial charge in [0.25, 0.3) is 0 Å². The molecule has 0 radical (unpaired) electrons. The number of ketones is 1. The Morgan fingerprint density at radius 3 is 1.63 bits per heavy atom. The maximum absolute atomic E-state index is 13.4. The summed E-state index contributed by atoms with van der Waals surface area (Å²) < 4.78 is 26.8. The van der Waals surface area contributed by atoms with Crippen LogP contribution < -0.4 is 0 Å². The van der Waals surface area contributed by atoms with Gasteiger partial charge in [-0.1, -0.05) is 24.3 Å². The van der Waals surface area contributed by atoms with Crippen LogP contribution in [-0.4, -0.2) is 51.7 Å². The lowest BCUT2D eigenvalue weighted by Gasteiger charge is -2.38. The molecule has 0 bridgehead atoms. The van der Waals surface area contributed by atoms with Crippen LogP contribution in [0.4, 0.5) is 8.78 Å². The maximum atomic E-state index is 13.4. The van der Waals surface area contributed by atoms with Gasteiger partial charge in [-0.2, -0.15) is 5.06 Å². The summed E-state index contributed by atoms with van der Waals surface area (Å²) in [6.45, 7) is 11.5. The Bertz CT molecular complexity index is 1150. The molecule has 1 fully saturated rings. The molecule has 1 N–H and O–H groups in total. The van der Waals surface area contributed by atoms with Gasteiger partial charge in [-0.05, 0) is 93.3 Å². The van der Waals surface area contributed by atoms with E-state index in [9.17, 15) is 18.8 Å². The standard InChI is InChI=1S/C29H32F2N2O2/c1-19-26(29(4,5)33(35)28(19,2)3)18-32-16-22(14-20-6-10-24(30)11-7-20)27(34)23(17-32)15-21-8-12-25(31)13-9-21/h6-15,35H,16-18H2,1-5H3/b22-14+,23-15+. The molecule has 0 amide bonds. The minimum absolute atomic E-state index is 0.0737. The van der Waals surface area contributed by atoms with Crippen molar-refractivity contribution < 1.29 is 18.8 Å². The van der Waals surface area contributed by atoms with E-state index in [-0.39, 0.29) is 17.4 Å². The zero-order chi connectivity index (χ0) is 25.5. The third-order valence-corrected chi connectivity index (χ3v) is 7.34. The van der Waals surface area contributed by atoms with Crippen molar-refractivity contribution in [2.75, 3.05) is 19.6 Å². The van der Waals surface area contributed by atoms with Gasteiger partial charge in [0.1, 0.15) is 11.6 Å². The van der Waals surface area contributed by atoms with E-state index in [0.29, 0.717) is 30.8 Å². The Balaban J connectivity index is 1.72. The molecule has 184 valence electrons. The van der Waals surface area contributed by atoms with Crippen LogP contribution in [0.25, 0.3) is 12.2 Å². The van der Waals surface area contributed by atoms with Crippen LogP contribution in [0.1, 0.15) is 45.7 Å². The van der Waals surface area contributed by atoms with Crippen LogP contribution in [0.15, 0.2) is 70.8 Å². The summed E-state index contributed by atoms with van der Waals surface area (Å²) in [4.78, 5) is 15.6. The molecule has 1 saturated heterocycles. The Morgan fingerprint density at radius 1 is 0.829 bits per heavy atom. The number of rotatable bonds is 4. The molecule has 0 atom stereocenters. The van der Waals surface area contributed by atoms with Gasteiger partial charge < -0.3 is 5.21 Å². The fourth-order valence-corrected chi connectivity index (χ4v) is 5.09. The van der Waals surface area contributed by atoms with E-state index >= 15 is 0 Å². The topological polar surface area (TPSA) is 43.8 Å². The second-order valence-electron chi connectivity index (χ2n) is 10.4. The number of carbonyl (C=O) groups is 1. The SMILES string of the molecule is CC1=C(CN2C/C(=C\c3ccc(F)cc3)C(=O)/C(=C/c3ccc(F)cc3)C2)C(C)(C)N(O)C1(C)C. The van der Waals surface area contributed by atoms with Gasteiger partial charge in [-0.25, -0.2) is 8.78 Å². The smallest absolute Gasteiger partial charge is 0.187 e. The highest BCUT2D eigenvalue weighted by Gasteiger charge is 2.49. The molecule has 2 heterocycles. The van der Waals surface area contributed by atoms with Crippen LogP contribution in [0, 0.1) is 11.6 Å². The zero-order valence-electron chi connectivity index (χ0n) is 20.9. The van der Waals surface area contributed by atoms with Crippen molar-refractivity contribution in [1.82, 2.24) is 9.96 Å². The molecule has 0 spiro atoms. The zero-order valence-corrected chi connectivity index (χ0v) is 20.9. The number of hydrogen-bond acceptors (Lipinski definition) is 4. The number of halogens is 2. The lowest BCUT2D eigenvalue weighted by atomic mass is 9.89. The minimum atomic E-state index is -0.559. The predicted molar refractivity (Wildman–Crippen MR) is 135 cm³/mol. The van der Waals surface area contributed by atoms with Crippen LogP contribution in [-0.2, 0) is 4.79 Å². The molecule has 0 aromatic heterocycles. The van der Waals surface area contributed by atoms with Crippen molar-refractivity contribution in [3.63, 3.8) is 0 Å². The molecule has 4 rings (SSSR count). The summed E-state index contributed by atoms with van der Waals surface area (Å²) in [5.74, 6) is -0.735. The van der Waals surface area contributed by atoms with Gasteiger partial charge >= 0.3 is 0 Å². The minimum Gasteiger partial charge on any atom is -0.312 e. The molecule has 2 aromatic rings. The molecule has 6 heteroatoms. The quantitative estimate of drug-likeness (QED) is 0.439. The van der Waals surface area contributed by atoms with Crippen molar-refractivity contribution in [3.05, 3.63) is 93.6 Å². The van der Waals surface area contributed by atoms with E-state index in [1.165, 1.54) is 29.3 Å². The second-order valence-corrected chi connectivity index (χ2v) is 10.4. The van der Waals surface area contributed by atoms with Crippen molar-refractivity contribution in [2.24, 2.45) is 0 Å². The first kappa shape index (κ1) is 25.2. The van der Waals surface area contributed by atoms with Crippen LogP contribution in [0.2, 0.25) is 0 Å². The maximum Gasteiger partial charge on any atom is 0.187 e. The van der Waals surface area contributed by atoms with Crippen molar-refractivity contribution in [1.29, 1.82) is 0 Å². The van der Waals surface area contributed by atoms with E-state index in [1.54, 1.807) is 36.4 Å². The fourth-order valence-electron chi connectivity index (χ4n) is 5.09. The first-order valence-corrected chi connectivity index (χ1v) is 11.8. The second kappa shape index (κ2) is 9.26. The van der Waals surface area contributed by atoms with Crippen LogP contribution in [0.3, 0.4) is 0 Å². The molecular formula is C29H32F2N2O2. The molecule has 2 aromatic carbocycles. The average Bonchev–Trinajstić information content (AvgIpc) is 2.92. The lowest BCUT2D eigenvalue weighted by molar-refractivity contribution is -0.187. The van der Waals surface area contributed by atoms with Crippen LogP contribution >= 0.6 is 0 Å². The Kier molecular flexibility index (Phi) is 6.66. The van der Waals surface area contributed by atoms with E-state index in [0.717, 1.165) is 22.3 Å². The summed E-state index contributed by atoms with van der Waals surface area (Å²) in [6.07, 6.45) is 3.60. The highest BCUT2D eigenvalue weighted by molar-refractivity contribution is 6.14. The Hall–Kier alpha value is -2.93. The molecule has 2 aliphatic heterocycles. The number of nitrogens with zero attached hydrogens (tertiary/aromatic N) is 2. The summed E-state index contributed by atoms with van der Waals surface area (Å²) in [7, 11) is 0. The number of benzene rings is 2. The molecule has 35 heavy (non-hydrogen) atoms. The molecule has 2 aliphatic rings. The van der Waals surface area contributed by atoms with Crippen LogP contribution in [0.5, 0.6) is 0 Å². The van der Waals surface area contributed by atoms with E-state index < -0.39 is 11.1 Å². The van der Waals surface area contributed by atoms with E-state index in [2.05, 4.69) is 4.90 Å². The van der Waals surface area contributed by atoms with Gasteiger partial charge in [-0.3, -0.25) is 9.69 Å². The van der Waals surface area contributed by atoms with Crippen molar-refractivity contribution in [2.45, 2.75) is 45.7 Å². The molecule has 0 unspecified atom stereocenters. The summed E-state index contributed by atoms with van der Waals surface area (Å²) >= 11 is 0. The number of likely N-dealkylation sites (tertiary alicyclic amines) is 1. The summed E-state index contributed by atoms with van der Waals surface area (Å²) in [6, 6.07) is 12.1. The number of Topliss-reactive ketones (excluding diaryl/α,β-unsaturated/α-hetero) is 1. The fraction of sp³-hybridized carbons (Fsp3) is 0.345. The highest BCUT2D eigenvalue weighted by Crippen LogP contribution is 2.44. The van der Waals surface area contributed by atoms with Crippen molar-refractivity contribution >= 4 is 17.9 Å². The third kappa shape index (κ3) is 4.92. The Morgan fingerprint density at radius 2 is 1.26 bits per heavy atom.